The molecular weight excluding hydrogens is 380 g/mol. The van der Waals surface area contributed by atoms with Gasteiger partial charge in [-0.05, 0) is 24.3 Å². The van der Waals surface area contributed by atoms with Gasteiger partial charge in [0, 0.05) is 29.3 Å². The topological polar surface area (TPSA) is 36.9 Å². The van der Waals surface area contributed by atoms with Gasteiger partial charge in [-0.2, -0.15) is 0 Å². The standard InChI is InChI=1S/C28H26N2O/c1-29-28(23-16-8-4-9-17-23,24-18-10-5-11-19-24)25-20-12-13-21-26(25)30(2)27(31)22-14-6-3-7-15-22/h3-21,29H,1-2H3/p+1. The number of nitrogens with zero attached hydrogens (tertiary/aromatic N) is 1. The minimum absolute atomic E-state index is 0.0285. The first-order chi connectivity index (χ1) is 15.2. The Balaban J connectivity index is 1.93. The summed E-state index contributed by atoms with van der Waals surface area (Å²) in [5.41, 5.74) is 4.47. The van der Waals surface area contributed by atoms with E-state index in [2.05, 4.69) is 67.0 Å². The van der Waals surface area contributed by atoms with Gasteiger partial charge in [-0.15, -0.1) is 0 Å². The van der Waals surface area contributed by atoms with Crippen LogP contribution in [0.25, 0.3) is 0 Å². The first-order valence-corrected chi connectivity index (χ1v) is 10.5. The van der Waals surface area contributed by atoms with E-state index in [0.29, 0.717) is 5.56 Å². The zero-order valence-corrected chi connectivity index (χ0v) is 17.9. The van der Waals surface area contributed by atoms with Crippen molar-refractivity contribution >= 4 is 11.6 Å². The number of carbonyl (C=O) groups is 1. The van der Waals surface area contributed by atoms with Crippen LogP contribution >= 0.6 is 0 Å². The van der Waals surface area contributed by atoms with Crippen LogP contribution in [0.4, 0.5) is 5.69 Å². The molecule has 0 bridgehead atoms. The first-order valence-electron chi connectivity index (χ1n) is 10.5. The second-order valence-corrected chi connectivity index (χ2v) is 7.58. The van der Waals surface area contributed by atoms with Crippen LogP contribution in [0.1, 0.15) is 27.0 Å². The van der Waals surface area contributed by atoms with Gasteiger partial charge in [-0.3, -0.25) is 4.79 Å². The zero-order valence-electron chi connectivity index (χ0n) is 17.9. The summed E-state index contributed by atoms with van der Waals surface area (Å²) in [4.78, 5) is 15.1. The van der Waals surface area contributed by atoms with Crippen molar-refractivity contribution < 1.29 is 10.1 Å². The van der Waals surface area contributed by atoms with E-state index in [1.807, 2.05) is 67.7 Å². The van der Waals surface area contributed by atoms with Gasteiger partial charge in [0.2, 0.25) is 0 Å². The molecule has 0 aromatic heterocycles. The Bertz CT molecular complexity index is 1100. The maximum absolute atomic E-state index is 13.3. The third-order valence-corrected chi connectivity index (χ3v) is 5.91. The largest absolute Gasteiger partial charge is 0.332 e. The molecule has 0 saturated heterocycles. The molecule has 2 N–H and O–H groups in total. The Morgan fingerprint density at radius 3 is 1.65 bits per heavy atom. The molecule has 3 heteroatoms. The number of anilines is 1. The SMILES string of the molecule is C[NH2+]C(c1ccccc1)(c1ccccc1)c1ccccc1N(C)C(=O)c1ccccc1. The fraction of sp³-hybridized carbons (Fsp3) is 0.107. The summed E-state index contributed by atoms with van der Waals surface area (Å²) in [6.45, 7) is 0. The maximum Gasteiger partial charge on any atom is 0.258 e. The molecular formula is C28H27N2O+. The molecule has 4 rings (SSSR count). The minimum Gasteiger partial charge on any atom is -0.332 e. The Morgan fingerprint density at radius 2 is 1.13 bits per heavy atom. The molecule has 0 heterocycles. The van der Waals surface area contributed by atoms with Crippen LogP contribution in [0, 0.1) is 0 Å². The zero-order chi connectivity index (χ0) is 21.7. The molecule has 0 radical (unpaired) electrons. The number of nitrogens with two attached hydrogens (primary N) is 1. The van der Waals surface area contributed by atoms with Gasteiger partial charge in [-0.25, -0.2) is 0 Å². The van der Waals surface area contributed by atoms with Crippen LogP contribution < -0.4 is 10.2 Å². The molecule has 3 nitrogen and oxygen atoms in total. The Kier molecular flexibility index (Phi) is 5.96. The quantitative estimate of drug-likeness (QED) is 0.471. The summed E-state index contributed by atoms with van der Waals surface area (Å²) >= 11 is 0. The Labute approximate surface area is 184 Å². The van der Waals surface area contributed by atoms with Crippen molar-refractivity contribution in [1.29, 1.82) is 0 Å². The van der Waals surface area contributed by atoms with Crippen molar-refractivity contribution in [2.45, 2.75) is 5.54 Å². The first kappa shape index (κ1) is 20.6. The van der Waals surface area contributed by atoms with Crippen LogP contribution in [-0.2, 0) is 5.54 Å². The molecule has 0 fully saturated rings. The Morgan fingerprint density at radius 1 is 0.677 bits per heavy atom. The van der Waals surface area contributed by atoms with E-state index in [1.165, 1.54) is 0 Å². The monoisotopic (exact) mass is 407 g/mol. The number of carbonyl (C=O) groups excluding carboxylic acids is 1. The summed E-state index contributed by atoms with van der Waals surface area (Å²) in [5, 5.41) is 2.23. The lowest BCUT2D eigenvalue weighted by molar-refractivity contribution is -0.691. The van der Waals surface area contributed by atoms with Gasteiger partial charge in [0.15, 0.2) is 5.54 Å². The summed E-state index contributed by atoms with van der Waals surface area (Å²) in [5.74, 6) is -0.0285. The molecule has 0 spiro atoms. The molecule has 0 aliphatic heterocycles. The van der Waals surface area contributed by atoms with Crippen LogP contribution in [-0.4, -0.2) is 20.0 Å². The number of quaternary nitrogens is 1. The van der Waals surface area contributed by atoms with E-state index in [4.69, 9.17) is 0 Å². The fourth-order valence-corrected chi connectivity index (χ4v) is 4.35. The number of benzene rings is 4. The summed E-state index contributed by atoms with van der Waals surface area (Å²) < 4.78 is 0. The van der Waals surface area contributed by atoms with E-state index in [9.17, 15) is 4.79 Å². The number of amides is 1. The van der Waals surface area contributed by atoms with E-state index < -0.39 is 5.54 Å². The highest BCUT2D eigenvalue weighted by molar-refractivity contribution is 6.06. The normalized spacial score (nSPS) is 11.2. The summed E-state index contributed by atoms with van der Waals surface area (Å²) in [7, 11) is 3.94. The molecule has 0 aliphatic carbocycles. The molecule has 0 atom stereocenters. The average molecular weight is 408 g/mol. The molecule has 1 amide bonds. The molecule has 4 aromatic rings. The smallest absolute Gasteiger partial charge is 0.258 e. The van der Waals surface area contributed by atoms with Crippen molar-refractivity contribution in [2.24, 2.45) is 0 Å². The molecule has 0 unspecified atom stereocenters. The fourth-order valence-electron chi connectivity index (χ4n) is 4.35. The number of rotatable bonds is 6. The third kappa shape index (κ3) is 3.76. The number of hydrogen-bond donors (Lipinski definition) is 1. The molecule has 154 valence electrons. The van der Waals surface area contributed by atoms with E-state index >= 15 is 0 Å². The maximum atomic E-state index is 13.3. The van der Waals surface area contributed by atoms with Gasteiger partial charge in [0.1, 0.15) is 0 Å². The van der Waals surface area contributed by atoms with Crippen LogP contribution in [0.15, 0.2) is 115 Å². The highest BCUT2D eigenvalue weighted by atomic mass is 16.2. The number of para-hydroxylation sites is 1. The molecule has 0 saturated carbocycles. The highest BCUT2D eigenvalue weighted by Gasteiger charge is 2.41. The van der Waals surface area contributed by atoms with Gasteiger partial charge in [0.05, 0.1) is 12.7 Å². The van der Waals surface area contributed by atoms with Crippen LogP contribution in [0.2, 0.25) is 0 Å². The second kappa shape index (κ2) is 8.99. The average Bonchev–Trinajstić information content (AvgIpc) is 2.86. The van der Waals surface area contributed by atoms with Crippen molar-refractivity contribution in [3.63, 3.8) is 0 Å². The lowest BCUT2D eigenvalue weighted by Gasteiger charge is -2.35. The van der Waals surface area contributed by atoms with E-state index in [1.54, 1.807) is 4.90 Å². The van der Waals surface area contributed by atoms with Crippen molar-refractivity contribution in [3.05, 3.63) is 138 Å². The van der Waals surface area contributed by atoms with Gasteiger partial charge < -0.3 is 10.2 Å². The van der Waals surface area contributed by atoms with Gasteiger partial charge in [0.25, 0.3) is 5.91 Å². The van der Waals surface area contributed by atoms with Crippen LogP contribution in [0.5, 0.6) is 0 Å². The summed E-state index contributed by atoms with van der Waals surface area (Å²) in [6.07, 6.45) is 0. The van der Waals surface area contributed by atoms with Crippen molar-refractivity contribution in [2.75, 3.05) is 19.0 Å². The van der Waals surface area contributed by atoms with E-state index in [-0.39, 0.29) is 5.91 Å². The minimum atomic E-state index is -0.496. The molecule has 0 aliphatic rings. The third-order valence-electron chi connectivity index (χ3n) is 5.91. The second-order valence-electron chi connectivity index (χ2n) is 7.58. The van der Waals surface area contributed by atoms with Crippen molar-refractivity contribution in [1.82, 2.24) is 0 Å². The predicted octanol–water partition coefficient (Wildman–Crippen LogP) is 4.45. The molecule has 4 aromatic carbocycles. The summed E-state index contributed by atoms with van der Waals surface area (Å²) in [6, 6.07) is 38.6. The lowest BCUT2D eigenvalue weighted by atomic mass is 9.76. The molecule has 31 heavy (non-hydrogen) atoms. The predicted molar refractivity (Wildman–Crippen MR) is 126 cm³/mol. The van der Waals surface area contributed by atoms with E-state index in [0.717, 1.165) is 22.4 Å². The van der Waals surface area contributed by atoms with Gasteiger partial charge >= 0.3 is 0 Å². The number of hydrogen-bond acceptors (Lipinski definition) is 1. The highest BCUT2D eigenvalue weighted by Crippen LogP contribution is 2.38. The van der Waals surface area contributed by atoms with Crippen molar-refractivity contribution in [3.8, 4) is 0 Å². The van der Waals surface area contributed by atoms with Crippen LogP contribution in [0.3, 0.4) is 0 Å². The Hall–Kier alpha value is -3.69. The van der Waals surface area contributed by atoms with Gasteiger partial charge in [-0.1, -0.05) is 91.0 Å². The lowest BCUT2D eigenvalue weighted by Crippen LogP contribution is -2.92.